The molecule has 0 N–H and O–H groups in total. The molecule has 0 fully saturated rings. The molecule has 0 saturated carbocycles. The fourth-order valence-corrected chi connectivity index (χ4v) is 8.87. The molecule has 10 rings (SSSR count). The third-order valence-electron chi connectivity index (χ3n) is 12.0. The minimum Gasteiger partial charge on any atom is -0.456 e. The lowest BCUT2D eigenvalue weighted by Crippen LogP contribution is -2.55. The van der Waals surface area contributed by atoms with Gasteiger partial charge in [0.2, 0.25) is 0 Å². The van der Waals surface area contributed by atoms with Gasteiger partial charge in [-0.3, -0.25) is 0 Å². The molecule has 2 heterocycles. The van der Waals surface area contributed by atoms with Crippen LogP contribution in [0.1, 0.15) is 22.6 Å². The summed E-state index contributed by atoms with van der Waals surface area (Å²) in [6.45, 7) is 0. The summed E-state index contributed by atoms with van der Waals surface area (Å²) in [6.07, 6.45) is 0. The molecule has 2 aromatic heterocycles. The molecule has 0 spiro atoms. The Kier molecular flexibility index (Phi) is 7.81. The lowest BCUT2D eigenvalue weighted by molar-refractivity contribution is 0.668. The monoisotopic (exact) mass is 699 g/mol. The van der Waals surface area contributed by atoms with Crippen LogP contribution in [0.4, 0.5) is 0 Å². The highest BCUT2D eigenvalue weighted by Gasteiger charge is 2.32. The summed E-state index contributed by atoms with van der Waals surface area (Å²) in [7, 11) is 11.1. The number of nitrogens with zero attached hydrogens (tertiary/aromatic N) is 3. The summed E-state index contributed by atoms with van der Waals surface area (Å²) < 4.78 is 6.65. The van der Waals surface area contributed by atoms with Crippen LogP contribution in [0.15, 0.2) is 144 Å². The van der Waals surface area contributed by atoms with Gasteiger partial charge in [-0.1, -0.05) is 138 Å². The summed E-state index contributed by atoms with van der Waals surface area (Å²) >= 11 is 0. The number of hydrogen-bond donors (Lipinski definition) is 0. The molecule has 254 valence electrons. The molecule has 1 aliphatic carbocycles. The molecule has 0 unspecified atom stereocenters. The molecule has 9 aromatic rings. The second-order valence-electron chi connectivity index (χ2n) is 14.9. The highest BCUT2D eigenvalue weighted by Crippen LogP contribution is 2.51. The Morgan fingerprint density at radius 3 is 1.45 bits per heavy atom. The molecule has 4 nitrogen and oxygen atoms in total. The summed E-state index contributed by atoms with van der Waals surface area (Å²) in [5.74, 6) is 1.93. The number of hydrogen-bond acceptors (Lipinski definition) is 4. The Hall–Kier alpha value is -6.33. The second-order valence-corrected chi connectivity index (χ2v) is 14.9. The van der Waals surface area contributed by atoms with Crippen LogP contribution in [0, 0.1) is 0 Å². The van der Waals surface area contributed by atoms with Gasteiger partial charge in [-0.2, -0.15) is 0 Å². The molecule has 1 aliphatic rings. The quantitative estimate of drug-likeness (QED) is 0.260. The highest BCUT2D eigenvalue weighted by atomic mass is 16.3. The number of fused-ring (bicyclic) bond motifs is 6. The van der Waals surface area contributed by atoms with Crippen molar-refractivity contribution in [3.05, 3.63) is 156 Å². The van der Waals surface area contributed by atoms with Gasteiger partial charge in [0, 0.05) is 33.4 Å². The number of benzene rings is 7. The zero-order valence-electron chi connectivity index (χ0n) is 31.6. The summed E-state index contributed by atoms with van der Waals surface area (Å²) in [5.41, 5.74) is 20.0. The van der Waals surface area contributed by atoms with Gasteiger partial charge in [0.15, 0.2) is 17.5 Å². The van der Waals surface area contributed by atoms with Crippen molar-refractivity contribution in [2.45, 2.75) is 5.92 Å². The average molecular weight is 699 g/mol. The molecular weight excluding hydrogens is 665 g/mol. The summed E-state index contributed by atoms with van der Waals surface area (Å²) in [4.78, 5) is 15.5. The fourth-order valence-electron chi connectivity index (χ4n) is 8.87. The Balaban J connectivity index is 1.17. The van der Waals surface area contributed by atoms with Crippen LogP contribution in [0.3, 0.4) is 0 Å². The zero-order chi connectivity index (χ0) is 37.4. The predicted octanol–water partition coefficient (Wildman–Crippen LogP) is 2.89. The normalized spacial score (nSPS) is 12.3. The van der Waals surface area contributed by atoms with Gasteiger partial charge in [-0.25, -0.2) is 15.0 Å². The third kappa shape index (κ3) is 5.25. The van der Waals surface area contributed by atoms with Crippen molar-refractivity contribution < 1.29 is 4.42 Å². The molecule has 55 heavy (non-hydrogen) atoms. The molecule has 0 radical (unpaired) electrons. The Bertz CT molecular complexity index is 2920. The largest absolute Gasteiger partial charge is 0.456 e. The van der Waals surface area contributed by atoms with Gasteiger partial charge >= 0.3 is 0 Å². The highest BCUT2D eigenvalue weighted by molar-refractivity contribution is 6.68. The first-order chi connectivity index (χ1) is 26.9. The third-order valence-corrected chi connectivity index (χ3v) is 12.0. The van der Waals surface area contributed by atoms with Crippen molar-refractivity contribution in [2.75, 3.05) is 0 Å². The number of furan rings is 1. The zero-order valence-corrected chi connectivity index (χ0v) is 31.6. The van der Waals surface area contributed by atoms with Crippen LogP contribution in [-0.4, -0.2) is 54.2 Å². The maximum Gasteiger partial charge on any atom is 0.164 e. The van der Waals surface area contributed by atoms with Crippen LogP contribution < -0.4 is 27.3 Å². The van der Waals surface area contributed by atoms with Crippen LogP contribution in [0.2, 0.25) is 0 Å². The Morgan fingerprint density at radius 2 is 0.818 bits per heavy atom. The van der Waals surface area contributed by atoms with Gasteiger partial charge in [-0.15, -0.1) is 16.4 Å². The smallest absolute Gasteiger partial charge is 0.164 e. The number of rotatable bonds is 5. The van der Waals surface area contributed by atoms with E-state index in [0.29, 0.717) is 17.5 Å². The lowest BCUT2D eigenvalue weighted by atomic mass is 9.59. The fraction of sp³-hybridized carbons (Fsp3) is 0.0217. The van der Waals surface area contributed by atoms with Gasteiger partial charge in [-0.05, 0) is 51.1 Å². The molecule has 0 saturated heterocycles. The van der Waals surface area contributed by atoms with E-state index >= 15 is 0 Å². The van der Waals surface area contributed by atoms with Gasteiger partial charge < -0.3 is 4.42 Å². The lowest BCUT2D eigenvalue weighted by Gasteiger charge is -2.20. The maximum atomic E-state index is 6.65. The summed E-state index contributed by atoms with van der Waals surface area (Å²) in [5, 5.41) is 2.10. The van der Waals surface area contributed by atoms with Crippen molar-refractivity contribution in [3.8, 4) is 56.4 Å². The first-order valence-corrected chi connectivity index (χ1v) is 19.0. The van der Waals surface area contributed by atoms with E-state index in [-0.39, 0.29) is 5.92 Å². The predicted molar refractivity (Wildman–Crippen MR) is 243 cm³/mol. The molecular formula is C46H34B5N3O. The van der Waals surface area contributed by atoms with Crippen LogP contribution in [-0.2, 0) is 0 Å². The molecule has 0 aliphatic heterocycles. The van der Waals surface area contributed by atoms with Crippen molar-refractivity contribution in [1.29, 1.82) is 0 Å². The van der Waals surface area contributed by atoms with E-state index in [0.717, 1.165) is 38.6 Å². The summed E-state index contributed by atoms with van der Waals surface area (Å²) in [6, 6.07) is 49.1. The van der Waals surface area contributed by atoms with Crippen molar-refractivity contribution >= 4 is 88.5 Å². The van der Waals surface area contributed by atoms with E-state index < -0.39 is 0 Å². The topological polar surface area (TPSA) is 51.8 Å². The van der Waals surface area contributed by atoms with Gasteiger partial charge in [0.25, 0.3) is 0 Å². The number of aromatic nitrogens is 3. The van der Waals surface area contributed by atoms with Crippen molar-refractivity contribution in [2.24, 2.45) is 0 Å². The van der Waals surface area contributed by atoms with E-state index in [9.17, 15) is 0 Å². The first kappa shape index (κ1) is 33.3. The first-order valence-electron chi connectivity index (χ1n) is 19.0. The molecule has 0 bridgehead atoms. The molecule has 0 amide bonds. The van der Waals surface area contributed by atoms with E-state index in [1.54, 1.807) is 0 Å². The van der Waals surface area contributed by atoms with Crippen LogP contribution in [0.5, 0.6) is 0 Å². The molecule has 7 aromatic carbocycles. The SMILES string of the molecule is Bc1c(B)c(B)c(-c2ccc(-c3nc(-c4ccccc4)nc(-c4cccc5oc6cccc(C7c8ccccc8-c8ccccc87)c6c45)n3)cc2)c(B)c1B. The standard InChI is InChI=1S/C46H34B5N3O/c47-39-35(40(48)42(50)43(51)41(39)49)24-20-22-26(23-21-24)45-52-44(25-10-2-1-3-11-25)53-46(54-45)32-17-9-19-34-38(32)37-31(16-8-18-33(37)55-34)36-29-14-6-4-12-27(29)28-13-5-7-15-30(28)36/h1-23,36H,47-51H2. The van der Waals surface area contributed by atoms with Gasteiger partial charge in [0.05, 0.1) is 0 Å². The average Bonchev–Trinajstić information content (AvgIpc) is 3.79. The van der Waals surface area contributed by atoms with Crippen LogP contribution >= 0.6 is 0 Å². The van der Waals surface area contributed by atoms with E-state index in [4.69, 9.17) is 19.4 Å². The van der Waals surface area contributed by atoms with Gasteiger partial charge in [0.1, 0.15) is 50.4 Å². The van der Waals surface area contributed by atoms with Crippen molar-refractivity contribution in [1.82, 2.24) is 15.0 Å². The molecule has 0 atom stereocenters. The van der Waals surface area contributed by atoms with Crippen LogP contribution in [0.25, 0.3) is 78.4 Å². The minimum absolute atomic E-state index is 0.0608. The Labute approximate surface area is 325 Å². The Morgan fingerprint density at radius 1 is 0.364 bits per heavy atom. The second kappa shape index (κ2) is 12.9. The maximum absolute atomic E-state index is 6.65. The van der Waals surface area contributed by atoms with Crippen molar-refractivity contribution in [3.63, 3.8) is 0 Å². The van der Waals surface area contributed by atoms with E-state index in [2.05, 4.69) is 154 Å². The minimum atomic E-state index is 0.0608. The van der Waals surface area contributed by atoms with E-state index in [1.165, 1.54) is 66.3 Å². The van der Waals surface area contributed by atoms with E-state index in [1.807, 2.05) is 24.3 Å². The molecule has 9 heteroatoms.